The van der Waals surface area contributed by atoms with E-state index in [1.807, 2.05) is 0 Å². The van der Waals surface area contributed by atoms with Crippen molar-refractivity contribution in [2.24, 2.45) is 5.73 Å². The molecule has 0 unspecified atom stereocenters. The Labute approximate surface area is 112 Å². The van der Waals surface area contributed by atoms with Gasteiger partial charge in [0.15, 0.2) is 0 Å². The van der Waals surface area contributed by atoms with E-state index in [-0.39, 0.29) is 18.5 Å². The fourth-order valence-electron chi connectivity index (χ4n) is 1.40. The first-order valence-electron chi connectivity index (χ1n) is 6.23. The number of carbonyl (C=O) groups is 1. The van der Waals surface area contributed by atoms with Crippen LogP contribution in [0.4, 0.5) is 10.5 Å². The Morgan fingerprint density at radius 3 is 2.84 bits per heavy atom. The number of hydrogen-bond acceptors (Lipinski definition) is 3. The number of carbonyl (C=O) groups excluding carboxylic acids is 1. The van der Waals surface area contributed by atoms with Gasteiger partial charge in [-0.25, -0.2) is 4.79 Å². The zero-order valence-corrected chi connectivity index (χ0v) is 11.0. The Morgan fingerprint density at radius 2 is 2.16 bits per heavy atom. The van der Waals surface area contributed by atoms with Crippen LogP contribution in [-0.4, -0.2) is 25.0 Å². The van der Waals surface area contributed by atoms with E-state index in [0.717, 1.165) is 12.8 Å². The van der Waals surface area contributed by atoms with Crippen molar-refractivity contribution in [3.05, 3.63) is 24.3 Å². The molecule has 1 aromatic carbocycles. The van der Waals surface area contributed by atoms with Crippen LogP contribution in [0.2, 0.25) is 0 Å². The Balaban J connectivity index is 2.56. The first-order chi connectivity index (χ1) is 9.13. The molecule has 0 heterocycles. The average molecular weight is 264 g/mol. The summed E-state index contributed by atoms with van der Waals surface area (Å²) < 4.78 is 5.33. The van der Waals surface area contributed by atoms with Gasteiger partial charge in [-0.2, -0.15) is 0 Å². The van der Waals surface area contributed by atoms with E-state index in [1.54, 1.807) is 24.3 Å². The summed E-state index contributed by atoms with van der Waals surface area (Å²) in [7, 11) is 0. The number of hydrogen-bond donors (Lipinski definition) is 4. The van der Waals surface area contributed by atoms with Crippen molar-refractivity contribution in [2.45, 2.75) is 19.8 Å². The molecule has 2 amide bonds. The van der Waals surface area contributed by atoms with E-state index in [9.17, 15) is 4.79 Å². The van der Waals surface area contributed by atoms with Crippen molar-refractivity contribution >= 4 is 17.6 Å². The SMILES string of the molecule is CCCCNC(=O)Nc1ccccc1OCC(=N)N. The molecule has 0 aromatic heterocycles. The van der Waals surface area contributed by atoms with Crippen LogP contribution in [0.3, 0.4) is 0 Å². The van der Waals surface area contributed by atoms with Crippen LogP contribution >= 0.6 is 0 Å². The van der Waals surface area contributed by atoms with Crippen LogP contribution in [-0.2, 0) is 0 Å². The highest BCUT2D eigenvalue weighted by molar-refractivity contribution is 5.91. The normalized spacial score (nSPS) is 9.74. The van der Waals surface area contributed by atoms with Crippen LogP contribution in [0.5, 0.6) is 5.75 Å². The van der Waals surface area contributed by atoms with Gasteiger partial charge in [0, 0.05) is 6.54 Å². The number of amides is 2. The predicted octanol–water partition coefficient (Wildman–Crippen LogP) is 1.92. The standard InChI is InChI=1S/C13H20N4O2/c1-2-3-8-16-13(18)17-10-6-4-5-7-11(10)19-9-12(14)15/h4-7H,2-3,8-9H2,1H3,(H3,14,15)(H2,16,17,18). The highest BCUT2D eigenvalue weighted by atomic mass is 16.5. The molecule has 0 saturated carbocycles. The number of para-hydroxylation sites is 2. The van der Waals surface area contributed by atoms with Crippen molar-refractivity contribution in [2.75, 3.05) is 18.5 Å². The van der Waals surface area contributed by atoms with Crippen LogP contribution in [0.25, 0.3) is 0 Å². The maximum Gasteiger partial charge on any atom is 0.319 e. The van der Waals surface area contributed by atoms with Crippen LogP contribution < -0.4 is 21.1 Å². The second kappa shape index (κ2) is 7.97. The summed E-state index contributed by atoms with van der Waals surface area (Å²) in [5.41, 5.74) is 5.78. The molecule has 19 heavy (non-hydrogen) atoms. The number of unbranched alkanes of at least 4 members (excludes halogenated alkanes) is 1. The molecule has 0 fully saturated rings. The van der Waals surface area contributed by atoms with Crippen LogP contribution in [0.15, 0.2) is 24.3 Å². The second-order valence-electron chi connectivity index (χ2n) is 4.04. The molecule has 104 valence electrons. The van der Waals surface area contributed by atoms with Gasteiger partial charge in [-0.1, -0.05) is 25.5 Å². The summed E-state index contributed by atoms with van der Waals surface area (Å²) in [6.45, 7) is 2.69. The highest BCUT2D eigenvalue weighted by Crippen LogP contribution is 2.23. The van der Waals surface area contributed by atoms with Crippen molar-refractivity contribution < 1.29 is 9.53 Å². The van der Waals surface area contributed by atoms with Gasteiger partial charge in [0.1, 0.15) is 18.2 Å². The van der Waals surface area contributed by atoms with Gasteiger partial charge in [-0.3, -0.25) is 5.41 Å². The number of amidine groups is 1. The topological polar surface area (TPSA) is 100 Å². The lowest BCUT2D eigenvalue weighted by Crippen LogP contribution is -2.29. The molecule has 5 N–H and O–H groups in total. The molecular weight excluding hydrogens is 244 g/mol. The Hall–Kier alpha value is -2.24. The summed E-state index contributed by atoms with van der Waals surface area (Å²) >= 11 is 0. The number of nitrogens with one attached hydrogen (secondary N) is 3. The van der Waals surface area contributed by atoms with Gasteiger partial charge in [0.2, 0.25) is 0 Å². The van der Waals surface area contributed by atoms with Crippen LogP contribution in [0, 0.1) is 5.41 Å². The molecule has 0 atom stereocenters. The molecule has 6 nitrogen and oxygen atoms in total. The van der Waals surface area contributed by atoms with Crippen LogP contribution in [0.1, 0.15) is 19.8 Å². The predicted molar refractivity (Wildman–Crippen MR) is 75.8 cm³/mol. The minimum atomic E-state index is -0.271. The Kier molecular flexibility index (Phi) is 6.21. The fourth-order valence-corrected chi connectivity index (χ4v) is 1.40. The Morgan fingerprint density at radius 1 is 1.42 bits per heavy atom. The summed E-state index contributed by atoms with van der Waals surface area (Å²) in [6, 6.07) is 6.75. The molecule has 0 saturated heterocycles. The quantitative estimate of drug-likeness (QED) is 0.344. The third kappa shape index (κ3) is 5.76. The van der Waals surface area contributed by atoms with Crippen molar-refractivity contribution in [3.63, 3.8) is 0 Å². The van der Waals surface area contributed by atoms with E-state index in [0.29, 0.717) is 18.0 Å². The van der Waals surface area contributed by atoms with E-state index in [2.05, 4.69) is 17.6 Å². The van der Waals surface area contributed by atoms with Crippen molar-refractivity contribution in [1.82, 2.24) is 5.32 Å². The minimum absolute atomic E-state index is 0.00382. The maximum atomic E-state index is 11.6. The first-order valence-corrected chi connectivity index (χ1v) is 6.23. The zero-order valence-electron chi connectivity index (χ0n) is 11.0. The molecule has 1 aromatic rings. The van der Waals surface area contributed by atoms with Gasteiger partial charge < -0.3 is 21.1 Å². The molecule has 0 radical (unpaired) electrons. The minimum Gasteiger partial charge on any atom is -0.484 e. The summed E-state index contributed by atoms with van der Waals surface area (Å²) in [6.07, 6.45) is 1.97. The lowest BCUT2D eigenvalue weighted by atomic mass is 10.3. The van der Waals surface area contributed by atoms with E-state index >= 15 is 0 Å². The lowest BCUT2D eigenvalue weighted by molar-refractivity contribution is 0.252. The fraction of sp³-hybridized carbons (Fsp3) is 0.385. The average Bonchev–Trinajstić information content (AvgIpc) is 2.38. The molecule has 0 aliphatic carbocycles. The monoisotopic (exact) mass is 264 g/mol. The van der Waals surface area contributed by atoms with E-state index in [1.165, 1.54) is 0 Å². The van der Waals surface area contributed by atoms with Gasteiger partial charge in [-0.05, 0) is 18.6 Å². The summed E-state index contributed by atoms with van der Waals surface area (Å²) in [4.78, 5) is 11.6. The third-order valence-corrected chi connectivity index (χ3v) is 2.33. The molecular formula is C13H20N4O2. The number of nitrogens with two attached hydrogens (primary N) is 1. The van der Waals surface area contributed by atoms with Gasteiger partial charge in [-0.15, -0.1) is 0 Å². The first kappa shape index (κ1) is 14.8. The molecule has 1 rings (SSSR count). The van der Waals surface area contributed by atoms with Gasteiger partial charge in [0.05, 0.1) is 5.69 Å². The van der Waals surface area contributed by atoms with Gasteiger partial charge in [0.25, 0.3) is 0 Å². The lowest BCUT2D eigenvalue weighted by Gasteiger charge is -2.12. The van der Waals surface area contributed by atoms with Crippen molar-refractivity contribution in [3.8, 4) is 5.75 Å². The Bertz CT molecular complexity index is 434. The molecule has 0 aliphatic rings. The summed E-state index contributed by atoms with van der Waals surface area (Å²) in [5, 5.41) is 12.6. The number of ether oxygens (including phenoxy) is 1. The maximum absolute atomic E-state index is 11.6. The number of urea groups is 1. The largest absolute Gasteiger partial charge is 0.484 e. The van der Waals surface area contributed by atoms with E-state index in [4.69, 9.17) is 15.9 Å². The van der Waals surface area contributed by atoms with E-state index < -0.39 is 0 Å². The second-order valence-corrected chi connectivity index (χ2v) is 4.04. The molecule has 0 spiro atoms. The van der Waals surface area contributed by atoms with Crippen molar-refractivity contribution in [1.29, 1.82) is 5.41 Å². The molecule has 0 bridgehead atoms. The molecule has 6 heteroatoms. The number of anilines is 1. The smallest absolute Gasteiger partial charge is 0.319 e. The summed E-state index contributed by atoms with van der Waals surface area (Å²) in [5.74, 6) is 0.422. The van der Waals surface area contributed by atoms with Gasteiger partial charge >= 0.3 is 6.03 Å². The molecule has 0 aliphatic heterocycles. The third-order valence-electron chi connectivity index (χ3n) is 2.33. The number of benzene rings is 1. The zero-order chi connectivity index (χ0) is 14.1. The highest BCUT2D eigenvalue weighted by Gasteiger charge is 2.07. The number of rotatable bonds is 7.